The van der Waals surface area contributed by atoms with Gasteiger partial charge in [-0.05, 0) is 6.92 Å². The second kappa shape index (κ2) is 3.98. The van der Waals surface area contributed by atoms with Crippen LogP contribution in [0.4, 0.5) is 26.3 Å². The van der Waals surface area contributed by atoms with Gasteiger partial charge in [-0.15, -0.1) is 0 Å². The molecule has 14 heavy (non-hydrogen) atoms. The maximum atomic E-state index is 12.6. The molecule has 0 aliphatic heterocycles. The molecule has 0 N–H and O–H groups in total. The van der Waals surface area contributed by atoms with Crippen LogP contribution in [0.3, 0.4) is 0 Å². The summed E-state index contributed by atoms with van der Waals surface area (Å²) in [5, 5.41) is 0. The van der Waals surface area contributed by atoms with Gasteiger partial charge in [0.2, 0.25) is 0 Å². The molecule has 0 nitrogen and oxygen atoms in total. The molecule has 0 aliphatic carbocycles. The molecule has 0 spiro atoms. The molecular weight excluding hydrogens is 210 g/mol. The molecule has 0 radical (unpaired) electrons. The molecular formula is C8H12F6. The number of hydrogen-bond donors (Lipinski definition) is 0. The molecule has 6 heteroatoms. The van der Waals surface area contributed by atoms with Crippen LogP contribution in [0.25, 0.3) is 0 Å². The van der Waals surface area contributed by atoms with Gasteiger partial charge in [-0.2, -0.15) is 0 Å². The fourth-order valence-electron chi connectivity index (χ4n) is 1.02. The summed E-state index contributed by atoms with van der Waals surface area (Å²) in [6, 6.07) is 0. The van der Waals surface area contributed by atoms with E-state index in [-0.39, 0.29) is 6.92 Å². The Hall–Kier alpha value is -0.420. The average molecular weight is 222 g/mol. The molecule has 0 atom stereocenters. The second-order valence-electron chi connectivity index (χ2n) is 3.49. The zero-order valence-corrected chi connectivity index (χ0v) is 7.89. The molecule has 0 rings (SSSR count). The van der Waals surface area contributed by atoms with Gasteiger partial charge in [-0.1, -0.05) is 6.92 Å². The molecule has 0 unspecified atom stereocenters. The molecule has 86 valence electrons. The predicted molar refractivity (Wildman–Crippen MR) is 40.0 cm³/mol. The Kier molecular flexibility index (Phi) is 3.86. The van der Waals surface area contributed by atoms with Crippen LogP contribution in [0.1, 0.15) is 33.1 Å². The van der Waals surface area contributed by atoms with Gasteiger partial charge in [0.05, 0.1) is 12.8 Å². The van der Waals surface area contributed by atoms with E-state index in [4.69, 9.17) is 0 Å². The van der Waals surface area contributed by atoms with Gasteiger partial charge in [0.25, 0.3) is 17.8 Å². The second-order valence-corrected chi connectivity index (χ2v) is 3.49. The fraction of sp³-hybridized carbons (Fsp3) is 1.00. The minimum Gasteiger partial charge on any atom is -0.207 e. The third kappa shape index (κ3) is 6.10. The van der Waals surface area contributed by atoms with Crippen LogP contribution in [0.5, 0.6) is 0 Å². The molecule has 0 saturated heterocycles. The lowest BCUT2D eigenvalue weighted by molar-refractivity contribution is -0.152. The van der Waals surface area contributed by atoms with Crippen LogP contribution in [0.2, 0.25) is 0 Å². The van der Waals surface area contributed by atoms with E-state index in [2.05, 4.69) is 0 Å². The number of rotatable bonds is 5. The Morgan fingerprint density at radius 2 is 1.21 bits per heavy atom. The van der Waals surface area contributed by atoms with Crippen LogP contribution in [0, 0.1) is 0 Å². The van der Waals surface area contributed by atoms with Crippen molar-refractivity contribution in [1.82, 2.24) is 0 Å². The van der Waals surface area contributed by atoms with Crippen molar-refractivity contribution in [3.8, 4) is 0 Å². The Bertz CT molecular complexity index is 181. The summed E-state index contributed by atoms with van der Waals surface area (Å²) in [5.74, 6) is -11.3. The lowest BCUT2D eigenvalue weighted by atomic mass is 10.0. The molecule has 0 bridgehead atoms. The molecule has 0 saturated carbocycles. The minimum absolute atomic E-state index is 0.283. The summed E-state index contributed by atoms with van der Waals surface area (Å²) >= 11 is 0. The molecule has 0 aromatic heterocycles. The highest BCUT2D eigenvalue weighted by Crippen LogP contribution is 2.39. The molecule has 0 aliphatic rings. The van der Waals surface area contributed by atoms with Gasteiger partial charge in [0.1, 0.15) is 0 Å². The maximum absolute atomic E-state index is 12.6. The first-order valence-electron chi connectivity index (χ1n) is 4.11. The van der Waals surface area contributed by atoms with Crippen LogP contribution in [0.15, 0.2) is 0 Å². The van der Waals surface area contributed by atoms with Gasteiger partial charge >= 0.3 is 0 Å². The summed E-state index contributed by atoms with van der Waals surface area (Å²) in [5.41, 5.74) is 0. The van der Waals surface area contributed by atoms with Crippen molar-refractivity contribution in [3.63, 3.8) is 0 Å². The van der Waals surface area contributed by atoms with Crippen molar-refractivity contribution in [2.45, 2.75) is 50.9 Å². The summed E-state index contributed by atoms with van der Waals surface area (Å²) < 4.78 is 74.6. The Morgan fingerprint density at radius 3 is 1.50 bits per heavy atom. The zero-order valence-electron chi connectivity index (χ0n) is 7.89. The van der Waals surface area contributed by atoms with Crippen LogP contribution >= 0.6 is 0 Å². The predicted octanol–water partition coefficient (Wildman–Crippen LogP) is 4.10. The van der Waals surface area contributed by atoms with Crippen molar-refractivity contribution >= 4 is 0 Å². The van der Waals surface area contributed by atoms with Gasteiger partial charge in [-0.25, -0.2) is 26.3 Å². The smallest absolute Gasteiger partial charge is 0.207 e. The molecule has 0 aromatic rings. The van der Waals surface area contributed by atoms with E-state index in [1.165, 1.54) is 0 Å². The molecule has 0 aromatic carbocycles. The van der Waals surface area contributed by atoms with Gasteiger partial charge in [0, 0.05) is 6.42 Å². The minimum atomic E-state index is -4.03. The SMILES string of the molecule is CCC(F)(F)CC(F)(F)CC(C)(F)F. The van der Waals surface area contributed by atoms with Crippen molar-refractivity contribution in [1.29, 1.82) is 0 Å². The van der Waals surface area contributed by atoms with E-state index in [0.717, 1.165) is 6.92 Å². The topological polar surface area (TPSA) is 0 Å². The van der Waals surface area contributed by atoms with Crippen molar-refractivity contribution in [2.75, 3.05) is 0 Å². The lowest BCUT2D eigenvalue weighted by Gasteiger charge is -2.24. The first-order valence-corrected chi connectivity index (χ1v) is 4.11. The van der Waals surface area contributed by atoms with Crippen LogP contribution < -0.4 is 0 Å². The van der Waals surface area contributed by atoms with Gasteiger partial charge in [0.15, 0.2) is 0 Å². The number of alkyl halides is 6. The highest BCUT2D eigenvalue weighted by molar-refractivity contribution is 4.80. The van der Waals surface area contributed by atoms with E-state index < -0.39 is 37.0 Å². The monoisotopic (exact) mass is 222 g/mol. The van der Waals surface area contributed by atoms with E-state index in [9.17, 15) is 26.3 Å². The van der Waals surface area contributed by atoms with Crippen LogP contribution in [-0.4, -0.2) is 17.8 Å². The first kappa shape index (κ1) is 13.6. The fourth-order valence-corrected chi connectivity index (χ4v) is 1.02. The zero-order chi connectivity index (χ0) is 11.6. The Balaban J connectivity index is 4.35. The Labute approximate surface area is 78.3 Å². The summed E-state index contributed by atoms with van der Waals surface area (Å²) in [6.45, 7) is 1.31. The van der Waals surface area contributed by atoms with E-state index in [0.29, 0.717) is 0 Å². The highest BCUT2D eigenvalue weighted by atomic mass is 19.3. The standard InChI is InChI=1S/C8H12F6/c1-3-7(11,12)5-8(13,14)4-6(2,9)10/h3-5H2,1-2H3. The summed E-state index contributed by atoms with van der Waals surface area (Å²) in [4.78, 5) is 0. The quantitative estimate of drug-likeness (QED) is 0.614. The first-order chi connectivity index (χ1) is 5.97. The van der Waals surface area contributed by atoms with Gasteiger partial charge < -0.3 is 0 Å². The van der Waals surface area contributed by atoms with E-state index in [1.54, 1.807) is 0 Å². The molecule has 0 heterocycles. The Morgan fingerprint density at radius 1 is 0.786 bits per heavy atom. The van der Waals surface area contributed by atoms with Crippen molar-refractivity contribution in [2.24, 2.45) is 0 Å². The molecule has 0 fully saturated rings. The lowest BCUT2D eigenvalue weighted by Crippen LogP contribution is -2.33. The average Bonchev–Trinajstić information content (AvgIpc) is 1.78. The number of hydrogen-bond acceptors (Lipinski definition) is 0. The summed E-state index contributed by atoms with van der Waals surface area (Å²) in [6.07, 6.45) is -4.44. The highest BCUT2D eigenvalue weighted by Gasteiger charge is 2.46. The maximum Gasteiger partial charge on any atom is 0.259 e. The van der Waals surface area contributed by atoms with E-state index in [1.807, 2.05) is 0 Å². The van der Waals surface area contributed by atoms with Crippen molar-refractivity contribution in [3.05, 3.63) is 0 Å². The third-order valence-corrected chi connectivity index (χ3v) is 1.60. The third-order valence-electron chi connectivity index (χ3n) is 1.60. The normalized spacial score (nSPS) is 14.6. The number of halogens is 6. The van der Waals surface area contributed by atoms with Crippen LogP contribution in [-0.2, 0) is 0 Å². The van der Waals surface area contributed by atoms with Crippen molar-refractivity contribution < 1.29 is 26.3 Å². The van der Waals surface area contributed by atoms with E-state index >= 15 is 0 Å². The molecule has 0 amide bonds. The largest absolute Gasteiger partial charge is 0.259 e. The van der Waals surface area contributed by atoms with Gasteiger partial charge in [-0.3, -0.25) is 0 Å². The summed E-state index contributed by atoms with van der Waals surface area (Å²) in [7, 11) is 0.